The first-order valence-electron chi connectivity index (χ1n) is 12.0. The summed E-state index contributed by atoms with van der Waals surface area (Å²) in [5.41, 5.74) is 4.21. The Morgan fingerprint density at radius 1 is 1.03 bits per heavy atom. The molecule has 0 spiro atoms. The Morgan fingerprint density at radius 2 is 1.88 bits per heavy atom. The Morgan fingerprint density at radius 3 is 2.64 bits per heavy atom. The molecule has 1 N–H and O–H groups in total. The summed E-state index contributed by atoms with van der Waals surface area (Å²) in [4.78, 5) is 9.30. The fourth-order valence-corrected chi connectivity index (χ4v) is 4.64. The van der Waals surface area contributed by atoms with E-state index in [-0.39, 0.29) is 0 Å². The van der Waals surface area contributed by atoms with Crippen LogP contribution in [0.1, 0.15) is 75.0 Å². The van der Waals surface area contributed by atoms with Gasteiger partial charge >= 0.3 is 0 Å². The maximum absolute atomic E-state index is 4.99. The van der Waals surface area contributed by atoms with Crippen LogP contribution in [0.4, 0.5) is 0 Å². The third-order valence-electron chi connectivity index (χ3n) is 6.51. The molecule has 170 valence electrons. The van der Waals surface area contributed by atoms with Crippen molar-refractivity contribution in [2.45, 2.75) is 70.8 Å². The number of aryl methyl sites for hydroxylation is 1. The molecular weight excluding hydrogens is 412 g/mol. The van der Waals surface area contributed by atoms with Crippen LogP contribution < -0.4 is 0 Å². The number of tetrazole rings is 1. The standard InChI is InChI=1S/C25H30N8/c1-2-3-9-23-27-24(20-7-5-4-6-8-20)30-33(23)17-18-10-12-19(13-11-18)22-16-26-15-14-21(22)25-28-31-32-29-25/h10-16,20H,2-9,17H2,1H3,(H,28,29,31,32). The molecule has 8 nitrogen and oxygen atoms in total. The van der Waals surface area contributed by atoms with Gasteiger partial charge in [0.1, 0.15) is 5.82 Å². The van der Waals surface area contributed by atoms with Crippen LogP contribution in [0.2, 0.25) is 0 Å². The molecule has 0 amide bonds. The van der Waals surface area contributed by atoms with Gasteiger partial charge in [-0.2, -0.15) is 5.10 Å². The van der Waals surface area contributed by atoms with Gasteiger partial charge in [0.15, 0.2) is 11.6 Å². The van der Waals surface area contributed by atoms with E-state index in [1.54, 1.807) is 6.20 Å². The molecule has 8 heteroatoms. The number of unbranched alkanes of at least 4 members (excludes halogenated alkanes) is 1. The average molecular weight is 443 g/mol. The van der Waals surface area contributed by atoms with E-state index in [1.807, 2.05) is 12.3 Å². The van der Waals surface area contributed by atoms with Crippen molar-refractivity contribution in [3.8, 4) is 22.5 Å². The Hall–Kier alpha value is -3.42. The largest absolute Gasteiger partial charge is 0.264 e. The molecule has 0 aliphatic heterocycles. The summed E-state index contributed by atoms with van der Waals surface area (Å²) in [6.45, 7) is 2.97. The van der Waals surface area contributed by atoms with Crippen LogP contribution in [0, 0.1) is 0 Å². The molecule has 1 aromatic carbocycles. The minimum Gasteiger partial charge on any atom is -0.264 e. The maximum atomic E-state index is 4.99. The third-order valence-corrected chi connectivity index (χ3v) is 6.51. The van der Waals surface area contributed by atoms with Gasteiger partial charge < -0.3 is 0 Å². The van der Waals surface area contributed by atoms with Gasteiger partial charge in [-0.15, -0.1) is 5.10 Å². The molecular formula is C25H30N8. The first kappa shape index (κ1) is 21.4. The second-order valence-electron chi connectivity index (χ2n) is 8.85. The first-order valence-corrected chi connectivity index (χ1v) is 12.0. The van der Waals surface area contributed by atoms with E-state index in [9.17, 15) is 0 Å². The average Bonchev–Trinajstić information content (AvgIpc) is 3.54. The van der Waals surface area contributed by atoms with E-state index in [4.69, 9.17) is 10.1 Å². The van der Waals surface area contributed by atoms with Gasteiger partial charge in [0, 0.05) is 35.9 Å². The minimum atomic E-state index is 0.525. The van der Waals surface area contributed by atoms with Crippen molar-refractivity contribution in [3.63, 3.8) is 0 Å². The number of aromatic nitrogens is 8. The predicted octanol–water partition coefficient (Wildman–Crippen LogP) is 4.96. The highest BCUT2D eigenvalue weighted by Crippen LogP contribution is 2.32. The SMILES string of the molecule is CCCCc1nc(C2CCCCC2)nn1Cc1ccc(-c2cnccc2-c2nnn[nH]2)cc1. The Balaban J connectivity index is 1.38. The summed E-state index contributed by atoms with van der Waals surface area (Å²) in [5, 5.41) is 19.3. The molecule has 1 aliphatic carbocycles. The van der Waals surface area contributed by atoms with Crippen LogP contribution in [-0.2, 0) is 13.0 Å². The Bertz CT molecular complexity index is 1160. The molecule has 1 fully saturated rings. The van der Waals surface area contributed by atoms with Gasteiger partial charge in [-0.05, 0) is 46.9 Å². The fraction of sp³-hybridized carbons (Fsp3) is 0.440. The van der Waals surface area contributed by atoms with E-state index in [0.29, 0.717) is 11.7 Å². The zero-order valence-electron chi connectivity index (χ0n) is 19.1. The van der Waals surface area contributed by atoms with Crippen molar-refractivity contribution in [1.29, 1.82) is 0 Å². The molecule has 0 bridgehead atoms. The lowest BCUT2D eigenvalue weighted by Crippen LogP contribution is -2.09. The minimum absolute atomic E-state index is 0.525. The third kappa shape index (κ3) is 4.84. The summed E-state index contributed by atoms with van der Waals surface area (Å²) in [6, 6.07) is 10.5. The van der Waals surface area contributed by atoms with Crippen molar-refractivity contribution in [2.75, 3.05) is 0 Å². The topological polar surface area (TPSA) is 98.1 Å². The predicted molar refractivity (Wildman–Crippen MR) is 126 cm³/mol. The van der Waals surface area contributed by atoms with Crippen molar-refractivity contribution in [2.24, 2.45) is 0 Å². The van der Waals surface area contributed by atoms with Gasteiger partial charge in [0.25, 0.3) is 0 Å². The van der Waals surface area contributed by atoms with Gasteiger partial charge in [-0.1, -0.05) is 56.9 Å². The molecule has 3 aromatic heterocycles. The van der Waals surface area contributed by atoms with Crippen molar-refractivity contribution in [3.05, 3.63) is 59.9 Å². The van der Waals surface area contributed by atoms with Crippen LogP contribution >= 0.6 is 0 Å². The number of hydrogen-bond acceptors (Lipinski definition) is 6. The second kappa shape index (κ2) is 10.0. The number of nitrogens with one attached hydrogen (secondary N) is 1. The number of aromatic amines is 1. The van der Waals surface area contributed by atoms with Crippen LogP contribution in [0.25, 0.3) is 22.5 Å². The highest BCUT2D eigenvalue weighted by molar-refractivity contribution is 5.79. The highest BCUT2D eigenvalue weighted by atomic mass is 15.5. The molecule has 5 rings (SSSR count). The van der Waals surface area contributed by atoms with E-state index < -0.39 is 0 Å². The summed E-state index contributed by atoms with van der Waals surface area (Å²) in [5.74, 6) is 3.33. The van der Waals surface area contributed by atoms with Gasteiger partial charge in [-0.25, -0.2) is 14.8 Å². The number of pyridine rings is 1. The number of benzene rings is 1. The molecule has 3 heterocycles. The summed E-state index contributed by atoms with van der Waals surface area (Å²) in [7, 11) is 0. The molecule has 33 heavy (non-hydrogen) atoms. The summed E-state index contributed by atoms with van der Waals surface area (Å²) >= 11 is 0. The van der Waals surface area contributed by atoms with Crippen LogP contribution in [-0.4, -0.2) is 40.4 Å². The van der Waals surface area contributed by atoms with Crippen LogP contribution in [0.5, 0.6) is 0 Å². The van der Waals surface area contributed by atoms with E-state index in [1.165, 1.54) is 37.7 Å². The number of hydrogen-bond donors (Lipinski definition) is 1. The molecule has 1 aliphatic rings. The van der Waals surface area contributed by atoms with E-state index in [0.717, 1.165) is 54.1 Å². The Kier molecular flexibility index (Phi) is 6.51. The second-order valence-corrected chi connectivity index (χ2v) is 8.85. The van der Waals surface area contributed by atoms with E-state index in [2.05, 4.69) is 61.5 Å². The van der Waals surface area contributed by atoms with E-state index >= 15 is 0 Å². The quantitative estimate of drug-likeness (QED) is 0.414. The molecule has 4 aromatic rings. The lowest BCUT2D eigenvalue weighted by atomic mass is 9.89. The monoisotopic (exact) mass is 442 g/mol. The Labute approximate surface area is 193 Å². The van der Waals surface area contributed by atoms with Crippen LogP contribution in [0.15, 0.2) is 42.7 Å². The highest BCUT2D eigenvalue weighted by Gasteiger charge is 2.21. The van der Waals surface area contributed by atoms with Gasteiger partial charge in [0.05, 0.1) is 6.54 Å². The zero-order valence-corrected chi connectivity index (χ0v) is 19.1. The molecule has 1 saturated carbocycles. The lowest BCUT2D eigenvalue weighted by Gasteiger charge is -2.18. The number of H-pyrrole nitrogens is 1. The maximum Gasteiger partial charge on any atom is 0.180 e. The first-order chi connectivity index (χ1) is 16.3. The van der Waals surface area contributed by atoms with Crippen molar-refractivity contribution in [1.82, 2.24) is 40.4 Å². The normalized spacial score (nSPS) is 14.6. The lowest BCUT2D eigenvalue weighted by molar-refractivity contribution is 0.426. The van der Waals surface area contributed by atoms with Gasteiger partial charge in [0.2, 0.25) is 0 Å². The molecule has 0 unspecified atom stereocenters. The zero-order chi connectivity index (χ0) is 22.5. The van der Waals surface area contributed by atoms with Crippen molar-refractivity contribution < 1.29 is 0 Å². The molecule has 0 atom stereocenters. The number of rotatable bonds is 8. The van der Waals surface area contributed by atoms with Gasteiger partial charge in [-0.3, -0.25) is 4.98 Å². The van der Waals surface area contributed by atoms with Crippen molar-refractivity contribution >= 4 is 0 Å². The molecule has 0 saturated heterocycles. The summed E-state index contributed by atoms with van der Waals surface area (Å²) < 4.78 is 2.13. The summed E-state index contributed by atoms with van der Waals surface area (Å²) in [6.07, 6.45) is 13.3. The smallest absolute Gasteiger partial charge is 0.180 e. The number of nitrogens with zero attached hydrogens (tertiary/aromatic N) is 7. The fourth-order valence-electron chi connectivity index (χ4n) is 4.64. The molecule has 0 radical (unpaired) electrons. The van der Waals surface area contributed by atoms with Crippen LogP contribution in [0.3, 0.4) is 0 Å².